The topological polar surface area (TPSA) is 39.6 Å². The first kappa shape index (κ1) is 10.4. The van der Waals surface area contributed by atoms with Crippen molar-refractivity contribution in [2.24, 2.45) is 5.92 Å². The molecule has 1 aromatic heterocycles. The Labute approximate surface area is 101 Å². The molecule has 1 atom stereocenters. The quantitative estimate of drug-likeness (QED) is 0.790. The fourth-order valence-corrected chi connectivity index (χ4v) is 2.91. The highest BCUT2D eigenvalue weighted by atomic mass is 14.7. The van der Waals surface area contributed by atoms with Crippen molar-refractivity contribution >= 4 is 10.9 Å². The number of benzene rings is 1. The second-order valence-electron chi connectivity index (χ2n) is 4.97. The first-order valence-electron chi connectivity index (χ1n) is 6.35. The van der Waals surface area contributed by atoms with Gasteiger partial charge in [-0.15, -0.1) is 0 Å². The van der Waals surface area contributed by atoms with Gasteiger partial charge in [0.15, 0.2) is 0 Å². The van der Waals surface area contributed by atoms with Gasteiger partial charge in [0.05, 0.1) is 11.6 Å². The number of aromatic amines is 1. The Morgan fingerprint density at radius 1 is 1.47 bits per heavy atom. The molecular formula is C15H16N2. The van der Waals surface area contributed by atoms with E-state index in [0.717, 1.165) is 17.9 Å². The molecule has 0 unspecified atom stereocenters. The number of hydrogen-bond acceptors (Lipinski definition) is 1. The fraction of sp³-hybridized carbons (Fsp3) is 0.400. The maximum atomic E-state index is 8.98. The highest BCUT2D eigenvalue weighted by Gasteiger charge is 2.21. The third kappa shape index (κ3) is 1.63. The molecule has 1 aliphatic carbocycles. The molecular weight excluding hydrogens is 208 g/mol. The predicted octanol–water partition coefficient (Wildman–Crippen LogP) is 3.55. The molecule has 1 aromatic carbocycles. The summed E-state index contributed by atoms with van der Waals surface area (Å²) in [6.45, 7) is 2.27. The van der Waals surface area contributed by atoms with Crippen molar-refractivity contribution in [3.8, 4) is 6.07 Å². The van der Waals surface area contributed by atoms with Crippen molar-refractivity contribution < 1.29 is 0 Å². The lowest BCUT2D eigenvalue weighted by atomic mass is 9.85. The largest absolute Gasteiger partial charge is 0.358 e. The van der Waals surface area contributed by atoms with Gasteiger partial charge in [-0.25, -0.2) is 0 Å². The van der Waals surface area contributed by atoms with Crippen LogP contribution < -0.4 is 0 Å². The van der Waals surface area contributed by atoms with Crippen molar-refractivity contribution in [1.82, 2.24) is 4.98 Å². The molecule has 17 heavy (non-hydrogen) atoms. The molecule has 0 saturated carbocycles. The molecule has 0 amide bonds. The van der Waals surface area contributed by atoms with Crippen LogP contribution >= 0.6 is 0 Å². The van der Waals surface area contributed by atoms with Gasteiger partial charge in [0.1, 0.15) is 0 Å². The number of nitrogens with one attached hydrogen (secondary N) is 1. The summed E-state index contributed by atoms with van der Waals surface area (Å²) in [4.78, 5) is 3.50. The minimum Gasteiger partial charge on any atom is -0.358 e. The molecule has 2 aromatic rings. The van der Waals surface area contributed by atoms with Gasteiger partial charge in [-0.1, -0.05) is 13.3 Å². The number of hydrogen-bond donors (Lipinski definition) is 1. The number of nitrogens with zero attached hydrogens (tertiary/aromatic N) is 1. The van der Waals surface area contributed by atoms with Crippen LogP contribution in [0.4, 0.5) is 0 Å². The molecule has 2 heteroatoms. The molecule has 3 rings (SSSR count). The van der Waals surface area contributed by atoms with Crippen molar-refractivity contribution in [2.45, 2.75) is 32.6 Å². The van der Waals surface area contributed by atoms with Crippen LogP contribution in [0, 0.1) is 17.2 Å². The lowest BCUT2D eigenvalue weighted by molar-refractivity contribution is 0.444. The zero-order chi connectivity index (χ0) is 11.8. The first-order chi connectivity index (χ1) is 8.31. The minimum atomic E-state index is 0.762. The molecule has 1 N–H and O–H groups in total. The van der Waals surface area contributed by atoms with Gasteiger partial charge >= 0.3 is 0 Å². The second-order valence-corrected chi connectivity index (χ2v) is 4.97. The SMILES string of the molecule is CC[C@H]1CCc2[nH]c3ccc(C#N)cc3c2C1. The van der Waals surface area contributed by atoms with Gasteiger partial charge in [0.25, 0.3) is 0 Å². The zero-order valence-electron chi connectivity index (χ0n) is 10.1. The third-order valence-electron chi connectivity index (χ3n) is 4.00. The summed E-state index contributed by atoms with van der Waals surface area (Å²) in [7, 11) is 0. The fourth-order valence-electron chi connectivity index (χ4n) is 2.91. The summed E-state index contributed by atoms with van der Waals surface area (Å²) in [6, 6.07) is 8.18. The summed E-state index contributed by atoms with van der Waals surface area (Å²) < 4.78 is 0. The number of fused-ring (bicyclic) bond motifs is 3. The number of rotatable bonds is 1. The maximum Gasteiger partial charge on any atom is 0.0991 e. The van der Waals surface area contributed by atoms with Gasteiger partial charge in [-0.05, 0) is 48.9 Å². The molecule has 1 aliphatic rings. The van der Waals surface area contributed by atoms with Crippen LogP contribution in [0.3, 0.4) is 0 Å². The van der Waals surface area contributed by atoms with Crippen molar-refractivity contribution in [3.63, 3.8) is 0 Å². The summed E-state index contributed by atoms with van der Waals surface area (Å²) in [6.07, 6.45) is 4.87. The highest BCUT2D eigenvalue weighted by molar-refractivity contribution is 5.86. The van der Waals surface area contributed by atoms with Crippen LogP contribution in [0.25, 0.3) is 10.9 Å². The van der Waals surface area contributed by atoms with E-state index >= 15 is 0 Å². The predicted molar refractivity (Wildman–Crippen MR) is 68.8 cm³/mol. The lowest BCUT2D eigenvalue weighted by Gasteiger charge is -2.20. The van der Waals surface area contributed by atoms with Crippen LogP contribution in [-0.2, 0) is 12.8 Å². The Hall–Kier alpha value is -1.75. The Bertz CT molecular complexity index is 601. The Morgan fingerprint density at radius 3 is 3.12 bits per heavy atom. The Balaban J connectivity index is 2.16. The first-order valence-corrected chi connectivity index (χ1v) is 6.35. The number of H-pyrrole nitrogens is 1. The molecule has 86 valence electrons. The van der Waals surface area contributed by atoms with E-state index in [9.17, 15) is 0 Å². The van der Waals surface area contributed by atoms with E-state index in [1.807, 2.05) is 18.2 Å². The van der Waals surface area contributed by atoms with Gasteiger partial charge in [0.2, 0.25) is 0 Å². The molecule has 0 spiro atoms. The summed E-state index contributed by atoms with van der Waals surface area (Å²) in [5.74, 6) is 0.812. The molecule has 0 bridgehead atoms. The standard InChI is InChI=1S/C15H16N2/c1-2-10-3-5-14-12(7-10)13-8-11(9-16)4-6-15(13)17-14/h4,6,8,10,17H,2-3,5,7H2,1H3/t10-/m0/s1. The monoisotopic (exact) mass is 224 g/mol. The Kier molecular flexibility index (Phi) is 2.40. The van der Waals surface area contributed by atoms with E-state index < -0.39 is 0 Å². The molecule has 0 saturated heterocycles. The number of aryl methyl sites for hydroxylation is 1. The average molecular weight is 224 g/mol. The van der Waals surface area contributed by atoms with E-state index in [1.54, 1.807) is 0 Å². The summed E-state index contributed by atoms with van der Waals surface area (Å²) in [5, 5.41) is 10.2. The van der Waals surface area contributed by atoms with Gasteiger partial charge in [0, 0.05) is 16.6 Å². The third-order valence-corrected chi connectivity index (χ3v) is 4.00. The van der Waals surface area contributed by atoms with Gasteiger partial charge < -0.3 is 4.98 Å². The van der Waals surface area contributed by atoms with Gasteiger partial charge in [-0.2, -0.15) is 5.26 Å². The van der Waals surface area contributed by atoms with E-state index in [0.29, 0.717) is 0 Å². The summed E-state index contributed by atoms with van der Waals surface area (Å²) in [5.41, 5.74) is 4.79. The maximum absolute atomic E-state index is 8.98. The highest BCUT2D eigenvalue weighted by Crippen LogP contribution is 2.33. The zero-order valence-corrected chi connectivity index (χ0v) is 10.1. The van der Waals surface area contributed by atoms with Crippen molar-refractivity contribution in [2.75, 3.05) is 0 Å². The van der Waals surface area contributed by atoms with Crippen LogP contribution in [-0.4, -0.2) is 4.98 Å². The van der Waals surface area contributed by atoms with Crippen LogP contribution in [0.2, 0.25) is 0 Å². The number of nitriles is 1. The number of aromatic nitrogens is 1. The van der Waals surface area contributed by atoms with Crippen LogP contribution in [0.5, 0.6) is 0 Å². The van der Waals surface area contributed by atoms with Crippen molar-refractivity contribution in [1.29, 1.82) is 5.26 Å². The van der Waals surface area contributed by atoms with E-state index in [1.165, 1.54) is 41.4 Å². The smallest absolute Gasteiger partial charge is 0.0991 e. The average Bonchev–Trinajstić information content (AvgIpc) is 2.75. The van der Waals surface area contributed by atoms with E-state index in [2.05, 4.69) is 18.0 Å². The molecule has 0 fully saturated rings. The van der Waals surface area contributed by atoms with E-state index in [4.69, 9.17) is 5.26 Å². The Morgan fingerprint density at radius 2 is 2.35 bits per heavy atom. The second kappa shape index (κ2) is 3.92. The van der Waals surface area contributed by atoms with Crippen molar-refractivity contribution in [3.05, 3.63) is 35.0 Å². The normalized spacial score (nSPS) is 18.9. The molecule has 1 heterocycles. The van der Waals surface area contributed by atoms with E-state index in [-0.39, 0.29) is 0 Å². The van der Waals surface area contributed by atoms with Gasteiger partial charge in [-0.3, -0.25) is 0 Å². The lowest BCUT2D eigenvalue weighted by Crippen LogP contribution is -2.12. The molecule has 0 aliphatic heterocycles. The minimum absolute atomic E-state index is 0.762. The van der Waals surface area contributed by atoms with Crippen LogP contribution in [0.1, 0.15) is 36.6 Å². The summed E-state index contributed by atoms with van der Waals surface area (Å²) >= 11 is 0. The molecule has 0 radical (unpaired) electrons. The van der Waals surface area contributed by atoms with Crippen LogP contribution in [0.15, 0.2) is 18.2 Å². The molecule has 2 nitrogen and oxygen atoms in total.